The third-order valence-electron chi connectivity index (χ3n) is 3.92. The number of alkyl halides is 6. The smallest absolute Gasteiger partial charge is 0.305 e. The van der Waals surface area contributed by atoms with Crippen molar-refractivity contribution in [3.05, 3.63) is 65.2 Å². The molecule has 0 saturated heterocycles. The second kappa shape index (κ2) is 7.01. The number of carbonyl (C=O) groups is 1. The Hall–Kier alpha value is -2.51. The Morgan fingerprint density at radius 1 is 0.885 bits per heavy atom. The monoisotopic (exact) mass is 375 g/mol. The van der Waals surface area contributed by atoms with Gasteiger partial charge in [-0.15, -0.1) is 0 Å². The van der Waals surface area contributed by atoms with E-state index < -0.39 is 35.4 Å². The maximum atomic E-state index is 13.3. The first-order valence-electron chi connectivity index (χ1n) is 7.56. The number of para-hydroxylation sites is 1. The number of amides is 1. The van der Waals surface area contributed by atoms with Crippen LogP contribution in [0.25, 0.3) is 0 Å². The summed E-state index contributed by atoms with van der Waals surface area (Å²) in [4.78, 5) is 13.0. The van der Waals surface area contributed by atoms with Gasteiger partial charge in [-0.05, 0) is 36.8 Å². The van der Waals surface area contributed by atoms with Crippen LogP contribution in [0.5, 0.6) is 0 Å². The van der Waals surface area contributed by atoms with Crippen LogP contribution in [0.2, 0.25) is 0 Å². The quantitative estimate of drug-likeness (QED) is 0.618. The molecule has 26 heavy (non-hydrogen) atoms. The Morgan fingerprint density at radius 3 is 1.88 bits per heavy atom. The fourth-order valence-corrected chi connectivity index (χ4v) is 2.67. The lowest BCUT2D eigenvalue weighted by Crippen LogP contribution is -2.33. The summed E-state index contributed by atoms with van der Waals surface area (Å²) in [5, 5.41) is 0. The van der Waals surface area contributed by atoms with Gasteiger partial charge in [0.2, 0.25) is 5.91 Å². The minimum Gasteiger partial charge on any atom is -0.305 e. The van der Waals surface area contributed by atoms with Gasteiger partial charge in [0, 0.05) is 6.92 Å². The summed E-state index contributed by atoms with van der Waals surface area (Å²) in [6, 6.07) is 7.65. The second-order valence-electron chi connectivity index (χ2n) is 5.70. The molecule has 0 radical (unpaired) electrons. The molecule has 1 atom stereocenters. The number of carbonyl (C=O) groups excluding carboxylic acids is 1. The van der Waals surface area contributed by atoms with Gasteiger partial charge in [-0.2, -0.15) is 26.3 Å². The molecule has 1 unspecified atom stereocenters. The summed E-state index contributed by atoms with van der Waals surface area (Å²) in [5.41, 5.74) is -1.93. The molecule has 0 aliphatic carbocycles. The highest BCUT2D eigenvalue weighted by molar-refractivity contribution is 5.93. The zero-order chi connectivity index (χ0) is 19.7. The van der Waals surface area contributed by atoms with E-state index in [2.05, 4.69) is 0 Å². The zero-order valence-corrected chi connectivity index (χ0v) is 13.8. The van der Waals surface area contributed by atoms with Crippen LogP contribution in [-0.2, 0) is 17.1 Å². The molecule has 2 rings (SSSR count). The van der Waals surface area contributed by atoms with Crippen molar-refractivity contribution in [1.82, 2.24) is 0 Å². The lowest BCUT2D eigenvalue weighted by Gasteiger charge is -2.31. The molecule has 0 bridgehead atoms. The highest BCUT2D eigenvalue weighted by Gasteiger charge is 2.37. The molecule has 1 amide bonds. The molecule has 0 aromatic heterocycles. The topological polar surface area (TPSA) is 20.3 Å². The van der Waals surface area contributed by atoms with Crippen LogP contribution in [-0.4, -0.2) is 5.91 Å². The van der Waals surface area contributed by atoms with Crippen LogP contribution in [0.15, 0.2) is 48.5 Å². The maximum absolute atomic E-state index is 13.3. The fraction of sp³-hybridized carbons (Fsp3) is 0.278. The molecule has 0 heterocycles. The molecule has 2 aromatic rings. The molecule has 0 aliphatic rings. The number of hydrogen-bond donors (Lipinski definition) is 0. The van der Waals surface area contributed by atoms with Crippen molar-refractivity contribution in [2.75, 3.05) is 4.90 Å². The maximum Gasteiger partial charge on any atom is 0.418 e. The summed E-state index contributed by atoms with van der Waals surface area (Å²) in [6.45, 7) is 2.56. The lowest BCUT2D eigenvalue weighted by atomic mass is 10.0. The number of anilines is 1. The fourth-order valence-electron chi connectivity index (χ4n) is 2.67. The molecule has 8 heteroatoms. The van der Waals surface area contributed by atoms with Gasteiger partial charge in [0.25, 0.3) is 0 Å². The van der Waals surface area contributed by atoms with Crippen LogP contribution < -0.4 is 4.90 Å². The first-order chi connectivity index (χ1) is 11.9. The van der Waals surface area contributed by atoms with Gasteiger partial charge < -0.3 is 4.90 Å². The molecule has 0 aliphatic heterocycles. The normalized spacial score (nSPS) is 13.4. The first-order valence-corrected chi connectivity index (χ1v) is 7.56. The zero-order valence-electron chi connectivity index (χ0n) is 13.8. The molecule has 2 aromatic carbocycles. The SMILES string of the molecule is CC(=O)N(c1ccccc1C(F)(F)F)C(C)c1ccc(C(F)(F)F)cc1. The number of halogens is 6. The van der Waals surface area contributed by atoms with E-state index in [9.17, 15) is 31.1 Å². The third-order valence-corrected chi connectivity index (χ3v) is 3.92. The van der Waals surface area contributed by atoms with Crippen molar-refractivity contribution >= 4 is 11.6 Å². The summed E-state index contributed by atoms with van der Waals surface area (Å²) in [6.07, 6.45) is -9.20. The minimum absolute atomic E-state index is 0.283. The van der Waals surface area contributed by atoms with E-state index in [4.69, 9.17) is 0 Å². The largest absolute Gasteiger partial charge is 0.418 e. The Morgan fingerprint density at radius 2 is 1.42 bits per heavy atom. The predicted molar refractivity (Wildman–Crippen MR) is 84.5 cm³/mol. The number of hydrogen-bond acceptors (Lipinski definition) is 1. The summed E-state index contributed by atoms with van der Waals surface area (Å²) < 4.78 is 77.8. The first kappa shape index (κ1) is 19.8. The van der Waals surface area contributed by atoms with Gasteiger partial charge >= 0.3 is 12.4 Å². The molecule has 2 nitrogen and oxygen atoms in total. The Bertz CT molecular complexity index is 780. The Labute approximate surface area is 146 Å². The van der Waals surface area contributed by atoms with Gasteiger partial charge in [0.15, 0.2) is 0 Å². The van der Waals surface area contributed by atoms with Crippen molar-refractivity contribution in [3.63, 3.8) is 0 Å². The predicted octanol–water partition coefficient (Wildman–Crippen LogP) is 5.84. The van der Waals surface area contributed by atoms with Gasteiger partial charge in [-0.3, -0.25) is 4.79 Å². The summed E-state index contributed by atoms with van der Waals surface area (Å²) >= 11 is 0. The minimum atomic E-state index is -4.68. The van der Waals surface area contributed by atoms with Crippen molar-refractivity contribution in [1.29, 1.82) is 0 Å². The van der Waals surface area contributed by atoms with Crippen molar-refractivity contribution in [2.45, 2.75) is 32.2 Å². The molecular weight excluding hydrogens is 360 g/mol. The van der Waals surface area contributed by atoms with Gasteiger partial charge in [0.05, 0.1) is 22.9 Å². The van der Waals surface area contributed by atoms with E-state index in [-0.39, 0.29) is 11.3 Å². The highest BCUT2D eigenvalue weighted by Crippen LogP contribution is 2.39. The molecule has 0 spiro atoms. The van der Waals surface area contributed by atoms with Crippen LogP contribution in [0.3, 0.4) is 0 Å². The van der Waals surface area contributed by atoms with Crippen LogP contribution in [0.1, 0.15) is 36.6 Å². The average Bonchev–Trinajstić information content (AvgIpc) is 2.53. The molecule has 0 N–H and O–H groups in total. The summed E-state index contributed by atoms with van der Waals surface area (Å²) in [7, 11) is 0. The number of nitrogens with zero attached hydrogens (tertiary/aromatic N) is 1. The van der Waals surface area contributed by atoms with E-state index in [1.807, 2.05) is 0 Å². The average molecular weight is 375 g/mol. The van der Waals surface area contributed by atoms with E-state index in [1.54, 1.807) is 0 Å². The van der Waals surface area contributed by atoms with E-state index in [0.717, 1.165) is 48.2 Å². The van der Waals surface area contributed by atoms with Gasteiger partial charge in [-0.25, -0.2) is 0 Å². The van der Waals surface area contributed by atoms with Crippen molar-refractivity contribution in [2.24, 2.45) is 0 Å². The van der Waals surface area contributed by atoms with Crippen molar-refractivity contribution < 1.29 is 31.1 Å². The van der Waals surface area contributed by atoms with E-state index in [0.29, 0.717) is 0 Å². The van der Waals surface area contributed by atoms with Crippen LogP contribution >= 0.6 is 0 Å². The van der Waals surface area contributed by atoms with Crippen LogP contribution in [0.4, 0.5) is 32.0 Å². The number of benzene rings is 2. The summed E-state index contributed by atoms with van der Waals surface area (Å²) in [5.74, 6) is -0.658. The van der Waals surface area contributed by atoms with E-state index >= 15 is 0 Å². The Balaban J connectivity index is 2.47. The van der Waals surface area contributed by atoms with Gasteiger partial charge in [0.1, 0.15) is 0 Å². The highest BCUT2D eigenvalue weighted by atomic mass is 19.4. The van der Waals surface area contributed by atoms with Crippen molar-refractivity contribution in [3.8, 4) is 0 Å². The molecule has 0 saturated carbocycles. The lowest BCUT2D eigenvalue weighted by molar-refractivity contribution is -0.138. The second-order valence-corrected chi connectivity index (χ2v) is 5.70. The molecule has 0 fully saturated rings. The van der Waals surface area contributed by atoms with Gasteiger partial charge in [-0.1, -0.05) is 24.3 Å². The third kappa shape index (κ3) is 4.17. The Kier molecular flexibility index (Phi) is 5.34. The van der Waals surface area contributed by atoms with E-state index in [1.165, 1.54) is 19.1 Å². The standard InChI is InChI=1S/C18H15F6NO/c1-11(13-7-9-14(10-8-13)17(19,20)21)25(12(2)26)16-6-4-3-5-15(16)18(22,23)24/h3-11H,1-2H3. The number of rotatable bonds is 3. The molecular formula is C18H15F6NO. The molecule has 140 valence electrons. The van der Waals surface area contributed by atoms with Crippen LogP contribution in [0, 0.1) is 0 Å².